The van der Waals surface area contributed by atoms with Crippen molar-refractivity contribution < 1.29 is 14.3 Å². The monoisotopic (exact) mass is 566 g/mol. The Hall–Kier alpha value is -4.39. The zero-order valence-corrected chi connectivity index (χ0v) is 23.9. The van der Waals surface area contributed by atoms with Crippen molar-refractivity contribution in [1.82, 2.24) is 10.2 Å². The van der Waals surface area contributed by atoms with Crippen LogP contribution < -0.4 is 20.9 Å². The first kappa shape index (κ1) is 29.1. The van der Waals surface area contributed by atoms with Gasteiger partial charge >= 0.3 is 6.03 Å². The van der Waals surface area contributed by atoms with Crippen molar-refractivity contribution >= 4 is 29.0 Å². The maximum absolute atomic E-state index is 13.5. The molecule has 0 unspecified atom stereocenters. The minimum absolute atomic E-state index is 0.157. The van der Waals surface area contributed by atoms with E-state index in [2.05, 4.69) is 56.1 Å². The Balaban J connectivity index is 1.26. The number of hydrogen-bond donors (Lipinski definition) is 3. The van der Waals surface area contributed by atoms with Crippen molar-refractivity contribution in [3.8, 4) is 6.07 Å². The van der Waals surface area contributed by atoms with Crippen LogP contribution in [0.1, 0.15) is 34.3 Å². The SMILES string of the molecule is N#Cc1cccc(NC(=O)Nc2ccc(N3CCC(Cc4ccccc4)CC3)c(C(=O)NCCN3CCOCC3)c2)c1. The average molecular weight is 567 g/mol. The van der Waals surface area contributed by atoms with E-state index in [1.165, 1.54) is 5.56 Å². The molecule has 0 aromatic heterocycles. The van der Waals surface area contributed by atoms with E-state index in [0.717, 1.165) is 70.9 Å². The lowest BCUT2D eigenvalue weighted by molar-refractivity contribution is 0.0383. The molecule has 2 aliphatic rings. The van der Waals surface area contributed by atoms with Gasteiger partial charge in [0.1, 0.15) is 0 Å². The fourth-order valence-corrected chi connectivity index (χ4v) is 5.60. The van der Waals surface area contributed by atoms with Gasteiger partial charge in [0, 0.05) is 56.3 Å². The number of carbonyl (C=O) groups is 2. The highest BCUT2D eigenvalue weighted by molar-refractivity contribution is 6.04. The van der Waals surface area contributed by atoms with Crippen LogP contribution in [-0.4, -0.2) is 69.3 Å². The van der Waals surface area contributed by atoms with Crippen LogP contribution in [0.2, 0.25) is 0 Å². The van der Waals surface area contributed by atoms with E-state index in [0.29, 0.717) is 35.0 Å². The van der Waals surface area contributed by atoms with E-state index in [1.54, 1.807) is 30.3 Å². The molecule has 2 fully saturated rings. The molecular weight excluding hydrogens is 528 g/mol. The number of piperidine rings is 1. The number of morpholine rings is 1. The number of hydrogen-bond acceptors (Lipinski definition) is 6. The second-order valence-electron chi connectivity index (χ2n) is 10.8. The fourth-order valence-electron chi connectivity index (χ4n) is 5.60. The van der Waals surface area contributed by atoms with Gasteiger partial charge in [-0.15, -0.1) is 0 Å². The molecule has 9 nitrogen and oxygen atoms in total. The van der Waals surface area contributed by atoms with Gasteiger partial charge in [-0.05, 0) is 67.1 Å². The molecule has 3 N–H and O–H groups in total. The molecule has 5 rings (SSSR count). The van der Waals surface area contributed by atoms with Gasteiger partial charge in [0.25, 0.3) is 5.91 Å². The lowest BCUT2D eigenvalue weighted by atomic mass is 9.89. The zero-order chi connectivity index (χ0) is 29.1. The summed E-state index contributed by atoms with van der Waals surface area (Å²) in [7, 11) is 0. The van der Waals surface area contributed by atoms with E-state index in [4.69, 9.17) is 10.00 Å². The smallest absolute Gasteiger partial charge is 0.323 e. The summed E-state index contributed by atoms with van der Waals surface area (Å²) in [5.74, 6) is 0.453. The summed E-state index contributed by atoms with van der Waals surface area (Å²) in [4.78, 5) is 30.8. The number of carbonyl (C=O) groups excluding carboxylic acids is 2. The molecule has 0 radical (unpaired) electrons. The first-order chi connectivity index (χ1) is 20.6. The first-order valence-corrected chi connectivity index (χ1v) is 14.7. The number of nitrogens with zero attached hydrogens (tertiary/aromatic N) is 3. The average Bonchev–Trinajstić information content (AvgIpc) is 3.02. The molecule has 218 valence electrons. The second-order valence-corrected chi connectivity index (χ2v) is 10.8. The second kappa shape index (κ2) is 14.5. The largest absolute Gasteiger partial charge is 0.379 e. The number of urea groups is 1. The lowest BCUT2D eigenvalue weighted by Gasteiger charge is -2.35. The highest BCUT2D eigenvalue weighted by Gasteiger charge is 2.24. The van der Waals surface area contributed by atoms with Gasteiger partial charge in [-0.25, -0.2) is 4.79 Å². The Bertz CT molecular complexity index is 1390. The topological polar surface area (TPSA) is 110 Å². The summed E-state index contributed by atoms with van der Waals surface area (Å²) in [6.45, 7) is 6.20. The van der Waals surface area contributed by atoms with Crippen LogP contribution in [0.3, 0.4) is 0 Å². The first-order valence-electron chi connectivity index (χ1n) is 14.7. The number of rotatable bonds is 9. The fraction of sp³-hybridized carbons (Fsp3) is 0.364. The molecule has 3 aromatic rings. The van der Waals surface area contributed by atoms with Crippen molar-refractivity contribution in [3.63, 3.8) is 0 Å². The Morgan fingerprint density at radius 1 is 0.881 bits per heavy atom. The molecule has 0 saturated carbocycles. The Kier molecular flexibility index (Phi) is 10.0. The van der Waals surface area contributed by atoms with Crippen LogP contribution in [0.4, 0.5) is 21.9 Å². The van der Waals surface area contributed by atoms with Crippen LogP contribution in [0.5, 0.6) is 0 Å². The van der Waals surface area contributed by atoms with Crippen molar-refractivity contribution in [1.29, 1.82) is 5.26 Å². The van der Waals surface area contributed by atoms with Crippen LogP contribution in [0, 0.1) is 17.2 Å². The van der Waals surface area contributed by atoms with Crippen LogP contribution in [0.15, 0.2) is 72.8 Å². The zero-order valence-electron chi connectivity index (χ0n) is 23.9. The molecule has 0 bridgehead atoms. The molecule has 2 aliphatic heterocycles. The predicted octanol–water partition coefficient (Wildman–Crippen LogP) is 4.72. The van der Waals surface area contributed by atoms with Crippen molar-refractivity contribution in [3.05, 3.63) is 89.5 Å². The molecule has 9 heteroatoms. The number of nitriles is 1. The summed E-state index contributed by atoms with van der Waals surface area (Å²) in [6.07, 6.45) is 3.17. The van der Waals surface area contributed by atoms with Gasteiger partial charge in [-0.1, -0.05) is 36.4 Å². The number of benzene rings is 3. The van der Waals surface area contributed by atoms with Gasteiger partial charge in [-0.3, -0.25) is 9.69 Å². The highest BCUT2D eigenvalue weighted by atomic mass is 16.5. The molecule has 2 heterocycles. The quantitative estimate of drug-likeness (QED) is 0.346. The molecule has 2 saturated heterocycles. The minimum Gasteiger partial charge on any atom is -0.379 e. The van der Waals surface area contributed by atoms with Crippen LogP contribution in [-0.2, 0) is 11.2 Å². The third-order valence-electron chi connectivity index (χ3n) is 7.89. The molecule has 0 spiro atoms. The van der Waals surface area contributed by atoms with Crippen molar-refractivity contribution in [2.75, 3.05) is 68.0 Å². The van der Waals surface area contributed by atoms with Gasteiger partial charge < -0.3 is 25.6 Å². The Labute approximate surface area is 247 Å². The lowest BCUT2D eigenvalue weighted by Crippen LogP contribution is -2.41. The van der Waals surface area contributed by atoms with E-state index in [-0.39, 0.29) is 5.91 Å². The summed E-state index contributed by atoms with van der Waals surface area (Å²) < 4.78 is 5.43. The summed E-state index contributed by atoms with van der Waals surface area (Å²) >= 11 is 0. The highest BCUT2D eigenvalue weighted by Crippen LogP contribution is 2.30. The number of nitrogens with one attached hydrogen (secondary N) is 3. The molecular formula is C33H38N6O3. The van der Waals surface area contributed by atoms with Gasteiger partial charge in [-0.2, -0.15) is 5.26 Å². The molecule has 3 aromatic carbocycles. The normalized spacial score (nSPS) is 15.9. The number of anilines is 3. The predicted molar refractivity (Wildman–Crippen MR) is 165 cm³/mol. The molecule has 0 atom stereocenters. The van der Waals surface area contributed by atoms with Crippen molar-refractivity contribution in [2.45, 2.75) is 19.3 Å². The van der Waals surface area contributed by atoms with Gasteiger partial charge in [0.2, 0.25) is 0 Å². The minimum atomic E-state index is -0.446. The van der Waals surface area contributed by atoms with E-state index in [1.807, 2.05) is 18.2 Å². The third kappa shape index (κ3) is 8.09. The number of ether oxygens (including phenoxy) is 1. The standard InChI is InChI=1S/C33H38N6O3/c34-24-27-7-4-8-28(22-27)36-33(41)37-29-9-10-31(30(23-29)32(40)35-13-16-38-17-19-42-20-18-38)39-14-11-26(12-15-39)21-25-5-2-1-3-6-25/h1-10,22-23,26H,11-21H2,(H,35,40)(H2,36,37,41). The Morgan fingerprint density at radius 3 is 2.36 bits per heavy atom. The molecule has 42 heavy (non-hydrogen) atoms. The molecule has 3 amide bonds. The van der Waals surface area contributed by atoms with E-state index in [9.17, 15) is 9.59 Å². The summed E-state index contributed by atoms with van der Waals surface area (Å²) in [6, 6.07) is 24.5. The third-order valence-corrected chi connectivity index (χ3v) is 7.89. The van der Waals surface area contributed by atoms with Gasteiger partial charge in [0.05, 0.1) is 30.4 Å². The molecule has 0 aliphatic carbocycles. The maximum atomic E-state index is 13.5. The van der Waals surface area contributed by atoms with E-state index < -0.39 is 6.03 Å². The Morgan fingerprint density at radius 2 is 1.62 bits per heavy atom. The summed E-state index contributed by atoms with van der Waals surface area (Å²) in [5.41, 5.74) is 4.28. The maximum Gasteiger partial charge on any atom is 0.323 e. The van der Waals surface area contributed by atoms with Gasteiger partial charge in [0.15, 0.2) is 0 Å². The van der Waals surface area contributed by atoms with Crippen molar-refractivity contribution in [2.24, 2.45) is 5.92 Å². The van der Waals surface area contributed by atoms with E-state index >= 15 is 0 Å². The van der Waals surface area contributed by atoms with Crippen LogP contribution >= 0.6 is 0 Å². The number of amides is 3. The summed E-state index contributed by atoms with van der Waals surface area (Å²) in [5, 5.41) is 17.8. The van der Waals surface area contributed by atoms with Crippen LogP contribution in [0.25, 0.3) is 0 Å².